The van der Waals surface area contributed by atoms with Crippen LogP contribution in [0.1, 0.15) is 56.9 Å². The largest absolute Gasteiger partial charge is 0.348 e. The molecule has 6 heteroatoms. The first-order valence-corrected chi connectivity index (χ1v) is 9.57. The van der Waals surface area contributed by atoms with Gasteiger partial charge in [-0.25, -0.2) is 0 Å². The summed E-state index contributed by atoms with van der Waals surface area (Å²) in [5.41, 5.74) is 4.04. The van der Waals surface area contributed by atoms with Crippen LogP contribution in [0.25, 0.3) is 0 Å². The minimum absolute atomic E-state index is 0.0127. The van der Waals surface area contributed by atoms with E-state index in [1.54, 1.807) is 12.1 Å². The van der Waals surface area contributed by atoms with Gasteiger partial charge in [0, 0.05) is 60.0 Å². The topological polar surface area (TPSA) is 80.5 Å². The summed E-state index contributed by atoms with van der Waals surface area (Å²) in [6.07, 6.45) is 4.19. The van der Waals surface area contributed by atoms with E-state index in [0.717, 1.165) is 43.6 Å². The molecule has 0 bridgehead atoms. The zero-order chi connectivity index (χ0) is 19.1. The standard InChI is InChI=1S/C21H22N2O4/c1-2-22-15-8-4-10-17(24)20(15)19(21-16(22)9-5-11-18(21)25)13-6-3-7-14(12-13)23(26)27/h3,6-7,12,19H,2,4-5,8-11H2,1H3. The Balaban J connectivity index is 1.96. The van der Waals surface area contributed by atoms with Crippen LogP contribution < -0.4 is 0 Å². The number of nitro groups is 1. The molecule has 0 N–H and O–H groups in total. The van der Waals surface area contributed by atoms with Crippen molar-refractivity contribution >= 4 is 17.3 Å². The minimum atomic E-state index is -0.474. The van der Waals surface area contributed by atoms with Crippen LogP contribution in [0.15, 0.2) is 46.8 Å². The van der Waals surface area contributed by atoms with Gasteiger partial charge in [0.05, 0.1) is 4.92 Å². The van der Waals surface area contributed by atoms with Gasteiger partial charge >= 0.3 is 0 Å². The Morgan fingerprint density at radius 2 is 1.63 bits per heavy atom. The van der Waals surface area contributed by atoms with Gasteiger partial charge in [-0.05, 0) is 38.2 Å². The number of ketones is 2. The second kappa shape index (κ2) is 6.76. The molecule has 27 heavy (non-hydrogen) atoms. The van der Waals surface area contributed by atoms with Crippen LogP contribution in [0.3, 0.4) is 0 Å². The van der Waals surface area contributed by atoms with Crippen molar-refractivity contribution in [2.45, 2.75) is 51.4 Å². The second-order valence-corrected chi connectivity index (χ2v) is 7.30. The zero-order valence-electron chi connectivity index (χ0n) is 15.4. The first kappa shape index (κ1) is 17.6. The lowest BCUT2D eigenvalue weighted by molar-refractivity contribution is -0.384. The number of benzene rings is 1. The molecule has 0 amide bonds. The molecule has 2 aliphatic carbocycles. The molecule has 0 spiro atoms. The third kappa shape index (κ3) is 2.80. The molecule has 140 valence electrons. The fraction of sp³-hybridized carbons (Fsp3) is 0.429. The number of nitrogens with zero attached hydrogens (tertiary/aromatic N) is 2. The molecule has 3 aliphatic rings. The predicted octanol–water partition coefficient (Wildman–Crippen LogP) is 4.03. The lowest BCUT2D eigenvalue weighted by Crippen LogP contribution is -2.39. The lowest BCUT2D eigenvalue weighted by Gasteiger charge is -2.43. The number of rotatable bonds is 3. The molecule has 1 aromatic rings. The molecule has 0 unspecified atom stereocenters. The SMILES string of the molecule is CCN1C2=C(C(=O)CCC2)C(c2cccc([N+](=O)[O-])c2)C2=C1CCCC2=O. The van der Waals surface area contributed by atoms with Crippen molar-refractivity contribution in [1.82, 2.24) is 4.90 Å². The Morgan fingerprint density at radius 3 is 2.15 bits per heavy atom. The van der Waals surface area contributed by atoms with E-state index in [9.17, 15) is 19.7 Å². The van der Waals surface area contributed by atoms with Crippen LogP contribution in [-0.2, 0) is 9.59 Å². The highest BCUT2D eigenvalue weighted by Gasteiger charge is 2.43. The van der Waals surface area contributed by atoms with E-state index in [2.05, 4.69) is 4.90 Å². The molecular weight excluding hydrogens is 344 g/mol. The van der Waals surface area contributed by atoms with Gasteiger partial charge in [-0.15, -0.1) is 0 Å². The van der Waals surface area contributed by atoms with Crippen molar-refractivity contribution in [3.05, 3.63) is 62.5 Å². The van der Waals surface area contributed by atoms with E-state index in [1.807, 2.05) is 6.92 Å². The minimum Gasteiger partial charge on any atom is -0.348 e. The molecule has 0 saturated heterocycles. The number of carbonyl (C=O) groups is 2. The Labute approximate surface area is 157 Å². The zero-order valence-corrected chi connectivity index (χ0v) is 15.4. The first-order chi connectivity index (χ1) is 13.0. The van der Waals surface area contributed by atoms with Crippen LogP contribution >= 0.6 is 0 Å². The van der Waals surface area contributed by atoms with Crippen molar-refractivity contribution in [3.63, 3.8) is 0 Å². The highest BCUT2D eigenvalue weighted by atomic mass is 16.6. The summed E-state index contributed by atoms with van der Waals surface area (Å²) in [5, 5.41) is 11.3. The summed E-state index contributed by atoms with van der Waals surface area (Å²) >= 11 is 0. The predicted molar refractivity (Wildman–Crippen MR) is 100.0 cm³/mol. The maximum atomic E-state index is 12.9. The maximum Gasteiger partial charge on any atom is 0.269 e. The summed E-state index contributed by atoms with van der Waals surface area (Å²) in [5.74, 6) is -0.342. The Kier molecular flexibility index (Phi) is 4.42. The Bertz CT molecular complexity index is 869. The molecule has 0 aromatic heterocycles. The van der Waals surface area contributed by atoms with Crippen LogP contribution in [-0.4, -0.2) is 27.9 Å². The molecule has 1 aromatic carbocycles. The van der Waals surface area contributed by atoms with Gasteiger partial charge in [0.15, 0.2) is 11.6 Å². The highest BCUT2D eigenvalue weighted by molar-refractivity contribution is 6.06. The van der Waals surface area contributed by atoms with Gasteiger partial charge < -0.3 is 4.90 Å². The highest BCUT2D eigenvalue weighted by Crippen LogP contribution is 2.49. The Hall–Kier alpha value is -2.76. The summed E-state index contributed by atoms with van der Waals surface area (Å²) in [6, 6.07) is 6.41. The smallest absolute Gasteiger partial charge is 0.269 e. The van der Waals surface area contributed by atoms with Crippen LogP contribution in [0.2, 0.25) is 0 Å². The third-order valence-electron chi connectivity index (χ3n) is 5.82. The molecular formula is C21H22N2O4. The van der Waals surface area contributed by atoms with Gasteiger partial charge in [-0.1, -0.05) is 12.1 Å². The van der Waals surface area contributed by atoms with E-state index in [4.69, 9.17) is 0 Å². The van der Waals surface area contributed by atoms with E-state index < -0.39 is 10.8 Å². The molecule has 0 saturated carbocycles. The fourth-order valence-electron chi connectivity index (χ4n) is 4.75. The fourth-order valence-corrected chi connectivity index (χ4v) is 4.75. The summed E-state index contributed by atoms with van der Waals surface area (Å²) in [4.78, 5) is 38.8. The molecule has 0 fully saturated rings. The van der Waals surface area contributed by atoms with Crippen molar-refractivity contribution in [2.24, 2.45) is 0 Å². The van der Waals surface area contributed by atoms with E-state index in [0.29, 0.717) is 29.6 Å². The van der Waals surface area contributed by atoms with Crippen molar-refractivity contribution in [1.29, 1.82) is 0 Å². The Morgan fingerprint density at radius 1 is 1.04 bits per heavy atom. The number of nitro benzene ring substituents is 1. The van der Waals surface area contributed by atoms with Gasteiger partial charge in [0.2, 0.25) is 0 Å². The lowest BCUT2D eigenvalue weighted by atomic mass is 9.71. The molecule has 1 heterocycles. The number of hydrogen-bond donors (Lipinski definition) is 0. The normalized spacial score (nSPS) is 20.7. The van der Waals surface area contributed by atoms with Crippen molar-refractivity contribution < 1.29 is 14.5 Å². The monoisotopic (exact) mass is 366 g/mol. The number of hydrogen-bond acceptors (Lipinski definition) is 5. The number of allylic oxidation sites excluding steroid dienone is 4. The van der Waals surface area contributed by atoms with Crippen LogP contribution in [0, 0.1) is 10.1 Å². The molecule has 4 rings (SSSR count). The maximum absolute atomic E-state index is 12.9. The van der Waals surface area contributed by atoms with Gasteiger partial charge in [0.1, 0.15) is 0 Å². The van der Waals surface area contributed by atoms with E-state index in [1.165, 1.54) is 12.1 Å². The van der Waals surface area contributed by atoms with Crippen LogP contribution in [0.5, 0.6) is 0 Å². The quantitative estimate of drug-likeness (QED) is 0.596. The van der Waals surface area contributed by atoms with Gasteiger partial charge in [-0.3, -0.25) is 19.7 Å². The molecule has 0 radical (unpaired) electrons. The number of carbonyl (C=O) groups excluding carboxylic acids is 2. The van der Waals surface area contributed by atoms with E-state index >= 15 is 0 Å². The molecule has 1 aliphatic heterocycles. The van der Waals surface area contributed by atoms with Crippen molar-refractivity contribution in [2.75, 3.05) is 6.54 Å². The van der Waals surface area contributed by atoms with Gasteiger partial charge in [0.25, 0.3) is 5.69 Å². The number of non-ortho nitro benzene ring substituents is 1. The average molecular weight is 366 g/mol. The van der Waals surface area contributed by atoms with E-state index in [-0.39, 0.29) is 17.3 Å². The van der Waals surface area contributed by atoms with Crippen molar-refractivity contribution in [3.8, 4) is 0 Å². The summed E-state index contributed by atoms with van der Waals surface area (Å²) < 4.78 is 0. The number of Topliss-reactive ketones (excluding diaryl/α,β-unsaturated/α-hetero) is 2. The van der Waals surface area contributed by atoms with Crippen LogP contribution in [0.4, 0.5) is 5.69 Å². The molecule has 0 atom stereocenters. The second-order valence-electron chi connectivity index (χ2n) is 7.30. The average Bonchev–Trinajstić information content (AvgIpc) is 2.67. The first-order valence-electron chi connectivity index (χ1n) is 9.57. The summed E-state index contributed by atoms with van der Waals surface area (Å²) in [6.45, 7) is 2.76. The third-order valence-corrected chi connectivity index (χ3v) is 5.82. The molecule has 6 nitrogen and oxygen atoms in total. The van der Waals surface area contributed by atoms with Gasteiger partial charge in [-0.2, -0.15) is 0 Å². The summed E-state index contributed by atoms with van der Waals surface area (Å²) in [7, 11) is 0.